The average Bonchev–Trinajstić information content (AvgIpc) is 2.92. The normalized spacial score (nSPS) is 13.2. The quantitative estimate of drug-likeness (QED) is 0.458. The van der Waals surface area contributed by atoms with Crippen molar-refractivity contribution >= 4 is 23.6 Å². The van der Waals surface area contributed by atoms with Gasteiger partial charge >= 0.3 is 6.09 Å². The lowest BCUT2D eigenvalue weighted by Gasteiger charge is -2.35. The highest BCUT2D eigenvalue weighted by molar-refractivity contribution is 5.99. The first-order valence-electron chi connectivity index (χ1n) is 12.4. The maximum Gasteiger partial charge on any atom is 0.409 e. The number of aromatic nitrogens is 2. The number of amides is 2. The molecule has 0 atom stereocenters. The topological polar surface area (TPSA) is 99.7 Å². The van der Waals surface area contributed by atoms with Crippen LogP contribution in [-0.4, -0.2) is 66.2 Å². The first kappa shape index (κ1) is 25.9. The Hall–Kier alpha value is -4.21. The molecule has 0 spiro atoms. The van der Waals surface area contributed by atoms with Gasteiger partial charge in [-0.1, -0.05) is 18.2 Å². The minimum atomic E-state index is -0.310. The summed E-state index contributed by atoms with van der Waals surface area (Å²) in [5.41, 5.74) is 2.15. The summed E-state index contributed by atoms with van der Waals surface area (Å²) in [6.45, 7) is 5.19. The van der Waals surface area contributed by atoms with Gasteiger partial charge in [0.15, 0.2) is 0 Å². The van der Waals surface area contributed by atoms with Crippen LogP contribution in [0.3, 0.4) is 0 Å². The minimum absolute atomic E-state index is 0.261. The van der Waals surface area contributed by atoms with E-state index in [2.05, 4.69) is 20.5 Å². The third-order valence-corrected chi connectivity index (χ3v) is 6.03. The smallest absolute Gasteiger partial charge is 0.409 e. The van der Waals surface area contributed by atoms with Crippen LogP contribution in [0.4, 0.5) is 20.8 Å². The zero-order valence-electron chi connectivity index (χ0n) is 20.8. The Bertz CT molecular complexity index is 1200. The molecule has 1 fully saturated rings. The zero-order chi connectivity index (χ0) is 26.0. The molecule has 0 saturated carbocycles. The monoisotopic (exact) mass is 506 g/mol. The molecule has 1 saturated heterocycles. The molecule has 0 radical (unpaired) electrons. The number of piperazine rings is 1. The van der Waals surface area contributed by atoms with Gasteiger partial charge in [-0.25, -0.2) is 14.2 Å². The molecule has 0 aliphatic carbocycles. The number of hydrogen-bond donors (Lipinski definition) is 2. The van der Waals surface area contributed by atoms with Crippen molar-refractivity contribution in [2.24, 2.45) is 0 Å². The molecule has 9 nitrogen and oxygen atoms in total. The van der Waals surface area contributed by atoms with E-state index in [0.29, 0.717) is 69.5 Å². The van der Waals surface area contributed by atoms with E-state index in [4.69, 9.17) is 9.72 Å². The fourth-order valence-corrected chi connectivity index (χ4v) is 4.07. The van der Waals surface area contributed by atoms with Crippen LogP contribution in [-0.2, 0) is 17.7 Å². The van der Waals surface area contributed by atoms with Crippen molar-refractivity contribution < 1.29 is 18.7 Å². The van der Waals surface area contributed by atoms with Crippen molar-refractivity contribution in [3.63, 3.8) is 0 Å². The molecule has 2 aromatic heterocycles. The van der Waals surface area contributed by atoms with Gasteiger partial charge in [-0.15, -0.1) is 0 Å². The third kappa shape index (κ3) is 7.16. The van der Waals surface area contributed by atoms with E-state index in [-0.39, 0.29) is 17.8 Å². The van der Waals surface area contributed by atoms with Crippen molar-refractivity contribution in [1.29, 1.82) is 0 Å². The Balaban J connectivity index is 1.46. The fraction of sp³-hybridized carbons (Fsp3) is 0.333. The SMILES string of the molecule is CCOC(=O)N1CCN(c2ccc(C(=O)NCc3cccnc3)c(NCCc3cccc(F)c3)n2)CC1. The fourth-order valence-electron chi connectivity index (χ4n) is 4.07. The summed E-state index contributed by atoms with van der Waals surface area (Å²) in [4.78, 5) is 37.7. The number of anilines is 2. The number of rotatable bonds is 9. The summed E-state index contributed by atoms with van der Waals surface area (Å²) >= 11 is 0. The lowest BCUT2D eigenvalue weighted by molar-refractivity contribution is 0.0950. The highest BCUT2D eigenvalue weighted by atomic mass is 19.1. The van der Waals surface area contributed by atoms with Gasteiger partial charge in [-0.3, -0.25) is 9.78 Å². The first-order valence-corrected chi connectivity index (χ1v) is 12.4. The van der Waals surface area contributed by atoms with E-state index in [1.165, 1.54) is 12.1 Å². The van der Waals surface area contributed by atoms with Crippen LogP contribution < -0.4 is 15.5 Å². The van der Waals surface area contributed by atoms with Gasteiger partial charge in [0, 0.05) is 51.7 Å². The van der Waals surface area contributed by atoms with Crippen LogP contribution in [0.5, 0.6) is 0 Å². The van der Waals surface area contributed by atoms with E-state index in [1.807, 2.05) is 24.3 Å². The standard InChI is InChI=1S/C27H31FN6O3/c1-2-37-27(36)34-15-13-33(14-16-34)24-9-8-23(26(35)31-19-21-6-4-11-29-18-21)25(32-24)30-12-10-20-5-3-7-22(28)17-20/h3-9,11,17-18H,2,10,12-16,19H2,1H3,(H,30,32)(H,31,35). The molecule has 1 aliphatic rings. The van der Waals surface area contributed by atoms with Gasteiger partial charge < -0.3 is 25.2 Å². The Morgan fingerprint density at radius 3 is 2.59 bits per heavy atom. The van der Waals surface area contributed by atoms with Crippen LogP contribution >= 0.6 is 0 Å². The molecular formula is C27H31FN6O3. The zero-order valence-corrected chi connectivity index (χ0v) is 20.8. The number of halogens is 1. The molecule has 1 aliphatic heterocycles. The molecule has 37 heavy (non-hydrogen) atoms. The number of pyridine rings is 2. The molecule has 2 N–H and O–H groups in total. The van der Waals surface area contributed by atoms with E-state index in [0.717, 1.165) is 11.1 Å². The number of carbonyl (C=O) groups is 2. The first-order chi connectivity index (χ1) is 18.0. The molecular weight excluding hydrogens is 475 g/mol. The maximum atomic E-state index is 13.6. The third-order valence-electron chi connectivity index (χ3n) is 6.03. The molecule has 1 aromatic carbocycles. The number of nitrogens with zero attached hydrogens (tertiary/aromatic N) is 4. The summed E-state index contributed by atoms with van der Waals surface area (Å²) in [6.07, 6.45) is 3.64. The molecule has 194 valence electrons. The van der Waals surface area contributed by atoms with Crippen LogP contribution in [0.25, 0.3) is 0 Å². The summed E-state index contributed by atoms with van der Waals surface area (Å²) in [5, 5.41) is 6.19. The predicted molar refractivity (Wildman–Crippen MR) is 139 cm³/mol. The summed E-state index contributed by atoms with van der Waals surface area (Å²) in [7, 11) is 0. The Labute approximate surface area is 215 Å². The van der Waals surface area contributed by atoms with Crippen LogP contribution in [0, 0.1) is 5.82 Å². The number of nitrogens with one attached hydrogen (secondary N) is 2. The highest BCUT2D eigenvalue weighted by Crippen LogP contribution is 2.21. The number of ether oxygens (including phenoxy) is 1. The average molecular weight is 507 g/mol. The van der Waals surface area contributed by atoms with Crippen LogP contribution in [0.2, 0.25) is 0 Å². The molecule has 2 amide bonds. The van der Waals surface area contributed by atoms with E-state index in [9.17, 15) is 14.0 Å². The van der Waals surface area contributed by atoms with E-state index in [1.54, 1.807) is 36.4 Å². The second-order valence-corrected chi connectivity index (χ2v) is 8.59. The largest absolute Gasteiger partial charge is 0.450 e. The lowest BCUT2D eigenvalue weighted by atomic mass is 10.1. The summed E-state index contributed by atoms with van der Waals surface area (Å²) < 4.78 is 18.7. The molecule has 3 aromatic rings. The van der Waals surface area contributed by atoms with Gasteiger partial charge in [0.25, 0.3) is 5.91 Å². The number of carbonyl (C=O) groups excluding carboxylic acids is 2. The van der Waals surface area contributed by atoms with Crippen molar-refractivity contribution in [2.75, 3.05) is 49.5 Å². The second-order valence-electron chi connectivity index (χ2n) is 8.59. The molecule has 0 unspecified atom stereocenters. The van der Waals surface area contributed by atoms with Gasteiger partial charge in [-0.2, -0.15) is 0 Å². The van der Waals surface area contributed by atoms with E-state index < -0.39 is 0 Å². The second kappa shape index (κ2) is 12.7. The Kier molecular flexibility index (Phi) is 8.85. The Morgan fingerprint density at radius 2 is 1.86 bits per heavy atom. The lowest BCUT2D eigenvalue weighted by Crippen LogP contribution is -2.49. The van der Waals surface area contributed by atoms with E-state index >= 15 is 0 Å². The van der Waals surface area contributed by atoms with Gasteiger partial charge in [0.1, 0.15) is 17.5 Å². The van der Waals surface area contributed by atoms with Crippen molar-refractivity contribution in [3.05, 3.63) is 83.4 Å². The number of hydrogen-bond acceptors (Lipinski definition) is 7. The maximum absolute atomic E-state index is 13.6. The summed E-state index contributed by atoms with van der Waals surface area (Å²) in [5.74, 6) is 0.615. The van der Waals surface area contributed by atoms with Gasteiger partial charge in [-0.05, 0) is 54.8 Å². The minimum Gasteiger partial charge on any atom is -0.450 e. The van der Waals surface area contributed by atoms with Gasteiger partial charge in [0.2, 0.25) is 0 Å². The van der Waals surface area contributed by atoms with Gasteiger partial charge in [0.05, 0.1) is 12.2 Å². The molecule has 0 bridgehead atoms. The number of benzene rings is 1. The van der Waals surface area contributed by atoms with Crippen LogP contribution in [0.1, 0.15) is 28.4 Å². The highest BCUT2D eigenvalue weighted by Gasteiger charge is 2.24. The van der Waals surface area contributed by atoms with Crippen molar-refractivity contribution in [3.8, 4) is 0 Å². The summed E-state index contributed by atoms with van der Waals surface area (Å²) in [6, 6.07) is 13.7. The molecule has 4 rings (SSSR count). The molecule has 10 heteroatoms. The Morgan fingerprint density at radius 1 is 1.05 bits per heavy atom. The van der Waals surface area contributed by atoms with Crippen LogP contribution in [0.15, 0.2) is 60.9 Å². The van der Waals surface area contributed by atoms with Crippen molar-refractivity contribution in [1.82, 2.24) is 20.2 Å². The molecule has 3 heterocycles. The van der Waals surface area contributed by atoms with Crippen molar-refractivity contribution in [2.45, 2.75) is 19.9 Å². The predicted octanol–water partition coefficient (Wildman–Crippen LogP) is 3.48.